The highest BCUT2D eigenvalue weighted by Crippen LogP contribution is 2.75. The summed E-state index contributed by atoms with van der Waals surface area (Å²) in [5, 5.41) is 12.8. The van der Waals surface area contributed by atoms with E-state index in [9.17, 15) is 24.3 Å². The van der Waals surface area contributed by atoms with Crippen LogP contribution in [0.3, 0.4) is 0 Å². The summed E-state index contributed by atoms with van der Waals surface area (Å²) in [4.78, 5) is 55.0. The van der Waals surface area contributed by atoms with Gasteiger partial charge in [-0.25, -0.2) is 0 Å². The lowest BCUT2D eigenvalue weighted by Crippen LogP contribution is -2.66. The molecule has 1 saturated heterocycles. The fourth-order valence-electron chi connectivity index (χ4n) is 12.2. The summed E-state index contributed by atoms with van der Waals surface area (Å²) in [6.45, 7) is 17.7. The number of allylic oxidation sites excluding steroid dienone is 2. The molecule has 0 aromatic carbocycles. The monoisotopic (exact) mass is 654 g/mol. The van der Waals surface area contributed by atoms with Crippen LogP contribution in [0.15, 0.2) is 11.6 Å². The van der Waals surface area contributed by atoms with E-state index < -0.39 is 11.9 Å². The van der Waals surface area contributed by atoms with Crippen molar-refractivity contribution in [1.29, 1.82) is 0 Å². The smallest absolute Gasteiger partial charge is 0.325 e. The molecule has 1 heterocycles. The van der Waals surface area contributed by atoms with Crippen molar-refractivity contribution < 1.29 is 33.8 Å². The van der Waals surface area contributed by atoms with Gasteiger partial charge in [0.05, 0.1) is 19.1 Å². The van der Waals surface area contributed by atoms with Crippen LogP contribution in [0.5, 0.6) is 0 Å². The molecule has 0 bridgehead atoms. The van der Waals surface area contributed by atoms with Crippen molar-refractivity contribution in [3.8, 4) is 0 Å². The number of hydrogen-bond acceptors (Lipinski definition) is 7. The standard InChI is InChI=1S/C38H58N2O7/c1-34(2)25(32(43)39-23-30(42)47-20-17-40-15-18-46-19-16-40)8-11-36(4)29(34)9-12-38(6)31(36)28(41)22-27-26-21-24(33(44)45)7-10-35(26,3)13-14-37(27,38)5/h22,24-26,29,31H,7-21,23H2,1-6H3,(H,39,43)(H,44,45)/t24-,25+,26-,29-,31+,35+,36-,37+,38+/m0/s1. The number of hydrogen-bond donors (Lipinski definition) is 2. The van der Waals surface area contributed by atoms with Gasteiger partial charge in [-0.2, -0.15) is 0 Å². The number of ether oxygens (including phenoxy) is 2. The fourth-order valence-corrected chi connectivity index (χ4v) is 12.2. The number of nitrogens with zero attached hydrogens (tertiary/aromatic N) is 1. The molecule has 2 N–H and O–H groups in total. The van der Waals surface area contributed by atoms with Crippen molar-refractivity contribution in [2.75, 3.05) is 46.0 Å². The van der Waals surface area contributed by atoms with Gasteiger partial charge in [0.15, 0.2) is 5.78 Å². The fraction of sp³-hybridized carbons (Fsp3) is 0.842. The Balaban J connectivity index is 1.16. The van der Waals surface area contributed by atoms with E-state index in [4.69, 9.17) is 9.47 Å². The molecule has 5 fully saturated rings. The molecule has 0 spiro atoms. The average Bonchev–Trinajstić information content (AvgIpc) is 3.01. The summed E-state index contributed by atoms with van der Waals surface area (Å²) >= 11 is 0. The van der Waals surface area contributed by atoms with E-state index in [0.29, 0.717) is 39.2 Å². The highest BCUT2D eigenvalue weighted by Gasteiger charge is 2.70. The molecule has 6 rings (SSSR count). The Morgan fingerprint density at radius 3 is 2.40 bits per heavy atom. The molecule has 0 unspecified atom stereocenters. The number of morpholine rings is 1. The van der Waals surface area contributed by atoms with Crippen LogP contribution in [-0.2, 0) is 28.7 Å². The predicted octanol–water partition coefficient (Wildman–Crippen LogP) is 5.27. The summed E-state index contributed by atoms with van der Waals surface area (Å²) in [6, 6.07) is 0. The van der Waals surface area contributed by atoms with Crippen LogP contribution >= 0.6 is 0 Å². The number of esters is 1. The third-order valence-corrected chi connectivity index (χ3v) is 15.1. The molecular weight excluding hydrogens is 596 g/mol. The van der Waals surface area contributed by atoms with Crippen LogP contribution in [0.2, 0.25) is 0 Å². The number of carbonyl (C=O) groups excluding carboxylic acids is 3. The number of rotatable bonds is 7. The number of ketones is 1. The maximum absolute atomic E-state index is 14.5. The van der Waals surface area contributed by atoms with E-state index in [2.05, 4.69) is 51.8 Å². The molecule has 262 valence electrons. The van der Waals surface area contributed by atoms with Gasteiger partial charge in [0.1, 0.15) is 13.2 Å². The first kappa shape index (κ1) is 34.6. The summed E-state index contributed by atoms with van der Waals surface area (Å²) in [5.74, 6) is -1.44. The van der Waals surface area contributed by atoms with Gasteiger partial charge in [-0.05, 0) is 103 Å². The van der Waals surface area contributed by atoms with E-state index in [1.54, 1.807) is 0 Å². The maximum atomic E-state index is 14.5. The molecule has 47 heavy (non-hydrogen) atoms. The molecule has 9 heteroatoms. The Bertz CT molecular complexity index is 1320. The van der Waals surface area contributed by atoms with Crippen molar-refractivity contribution in [2.45, 2.75) is 99.3 Å². The van der Waals surface area contributed by atoms with Gasteiger partial charge >= 0.3 is 11.9 Å². The van der Waals surface area contributed by atoms with Gasteiger partial charge < -0.3 is 19.9 Å². The van der Waals surface area contributed by atoms with Gasteiger partial charge in [0.25, 0.3) is 0 Å². The molecule has 1 amide bonds. The second kappa shape index (κ2) is 12.3. The summed E-state index contributed by atoms with van der Waals surface area (Å²) < 4.78 is 10.8. The van der Waals surface area contributed by atoms with Crippen LogP contribution in [0, 0.1) is 56.7 Å². The van der Waals surface area contributed by atoms with Gasteiger partial charge in [-0.15, -0.1) is 0 Å². The zero-order valence-corrected chi connectivity index (χ0v) is 29.6. The normalized spacial score (nSPS) is 42.9. The van der Waals surface area contributed by atoms with E-state index in [0.717, 1.165) is 58.0 Å². The highest BCUT2D eigenvalue weighted by molar-refractivity contribution is 5.96. The minimum Gasteiger partial charge on any atom is -0.481 e. The van der Waals surface area contributed by atoms with Gasteiger partial charge in [0, 0.05) is 31.5 Å². The Morgan fingerprint density at radius 2 is 1.70 bits per heavy atom. The minimum atomic E-state index is -0.706. The molecular formula is C38H58N2O7. The average molecular weight is 655 g/mol. The number of amides is 1. The molecule has 6 aliphatic rings. The third-order valence-electron chi connectivity index (χ3n) is 15.1. The van der Waals surface area contributed by atoms with Crippen LogP contribution in [0.25, 0.3) is 0 Å². The number of carbonyl (C=O) groups is 4. The van der Waals surface area contributed by atoms with E-state index in [1.807, 2.05) is 6.08 Å². The van der Waals surface area contributed by atoms with Crippen molar-refractivity contribution in [3.63, 3.8) is 0 Å². The van der Waals surface area contributed by atoms with Gasteiger partial charge in [-0.1, -0.05) is 47.1 Å². The first-order chi connectivity index (χ1) is 22.1. The van der Waals surface area contributed by atoms with Crippen molar-refractivity contribution in [2.24, 2.45) is 56.7 Å². The third kappa shape index (κ3) is 5.59. The minimum absolute atomic E-state index is 0.0461. The maximum Gasteiger partial charge on any atom is 0.325 e. The Kier molecular flexibility index (Phi) is 9.02. The Hall–Kier alpha value is -2.26. The van der Waals surface area contributed by atoms with Crippen LogP contribution in [-0.4, -0.2) is 79.6 Å². The Morgan fingerprint density at radius 1 is 0.979 bits per heavy atom. The SMILES string of the molecule is CC1(C)[C@@H](C(=O)NCC(=O)OCCN2CCOCC2)CC[C@]2(C)[C@H]3C(=O)C=C4[C@@H]5C[C@@H](C(=O)O)CC[C@]5(C)CC[C@@]4(C)[C@]3(C)CC[C@@H]12. The van der Waals surface area contributed by atoms with Crippen molar-refractivity contribution in [3.05, 3.63) is 11.6 Å². The van der Waals surface area contributed by atoms with Gasteiger partial charge in [0.2, 0.25) is 5.91 Å². The summed E-state index contributed by atoms with van der Waals surface area (Å²) in [7, 11) is 0. The number of carboxylic acid groups (broad SMARTS) is 1. The lowest BCUT2D eigenvalue weighted by Gasteiger charge is -2.70. The summed E-state index contributed by atoms with van der Waals surface area (Å²) in [6.07, 6.45) is 9.66. The number of fused-ring (bicyclic) bond motifs is 7. The molecule has 5 aliphatic carbocycles. The lowest BCUT2D eigenvalue weighted by molar-refractivity contribution is -0.194. The second-order valence-corrected chi connectivity index (χ2v) is 17.6. The topological polar surface area (TPSA) is 122 Å². The van der Waals surface area contributed by atoms with E-state index >= 15 is 0 Å². The zero-order valence-electron chi connectivity index (χ0n) is 29.6. The molecule has 1 aliphatic heterocycles. The molecule has 9 nitrogen and oxygen atoms in total. The highest BCUT2D eigenvalue weighted by atomic mass is 16.5. The summed E-state index contributed by atoms with van der Waals surface area (Å²) in [5.41, 5.74) is 0.270. The van der Waals surface area contributed by atoms with Crippen LogP contribution in [0.1, 0.15) is 99.3 Å². The first-order valence-corrected chi connectivity index (χ1v) is 18.3. The molecule has 0 aromatic rings. The molecule has 4 saturated carbocycles. The first-order valence-electron chi connectivity index (χ1n) is 18.3. The van der Waals surface area contributed by atoms with Crippen molar-refractivity contribution >= 4 is 23.6 Å². The molecule has 0 aromatic heterocycles. The molecule has 9 atom stereocenters. The lowest BCUT2D eigenvalue weighted by atomic mass is 9.33. The largest absolute Gasteiger partial charge is 0.481 e. The van der Waals surface area contributed by atoms with Crippen molar-refractivity contribution in [1.82, 2.24) is 10.2 Å². The van der Waals surface area contributed by atoms with Gasteiger partial charge in [-0.3, -0.25) is 24.1 Å². The van der Waals surface area contributed by atoms with Crippen LogP contribution in [0.4, 0.5) is 0 Å². The Labute approximate surface area is 280 Å². The zero-order chi connectivity index (χ0) is 34.0. The predicted molar refractivity (Wildman–Crippen MR) is 177 cm³/mol. The molecule has 0 radical (unpaired) electrons. The van der Waals surface area contributed by atoms with Crippen LogP contribution < -0.4 is 5.32 Å². The quantitative estimate of drug-likeness (QED) is 0.356. The second-order valence-electron chi connectivity index (χ2n) is 17.6. The number of aliphatic carboxylic acids is 1. The number of carboxylic acids is 1. The van der Waals surface area contributed by atoms with E-state index in [1.165, 1.54) is 5.57 Å². The number of nitrogens with one attached hydrogen (secondary N) is 1. The van der Waals surface area contributed by atoms with E-state index in [-0.39, 0.29) is 74.9 Å².